The van der Waals surface area contributed by atoms with E-state index in [4.69, 9.17) is 5.14 Å². The maximum atomic E-state index is 11.0. The Hall–Kier alpha value is -0.810. The molecule has 0 aliphatic carbocycles. The molecule has 0 fully saturated rings. The van der Waals surface area contributed by atoms with Crippen LogP contribution in [0.4, 0.5) is 0 Å². The van der Waals surface area contributed by atoms with Gasteiger partial charge in [-0.05, 0) is 11.1 Å². The second-order valence-electron chi connectivity index (χ2n) is 2.82. The van der Waals surface area contributed by atoms with Crippen LogP contribution in [0, 0.1) is 0 Å². The Morgan fingerprint density at radius 3 is 2.43 bits per heavy atom. The Balaban J connectivity index is 2.34. The predicted octanol–water partition coefficient (Wildman–Crippen LogP) is 2.40. The second-order valence-corrected chi connectivity index (χ2v) is 5.02. The molecule has 2 rings (SSSR count). The molecular weight excluding hydrogens is 214 g/mol. The van der Waals surface area contributed by atoms with Crippen molar-refractivity contribution in [1.82, 2.24) is 0 Å². The SMILES string of the molecule is N[S+]([O-])c1cc(-c2ccccc2)cs1. The van der Waals surface area contributed by atoms with E-state index in [9.17, 15) is 4.55 Å². The van der Waals surface area contributed by atoms with Gasteiger partial charge in [0.2, 0.25) is 4.21 Å². The summed E-state index contributed by atoms with van der Waals surface area (Å²) in [4.78, 5) is 0. The van der Waals surface area contributed by atoms with Crippen molar-refractivity contribution in [2.75, 3.05) is 0 Å². The molecule has 0 bridgehead atoms. The quantitative estimate of drug-likeness (QED) is 0.795. The molecule has 1 aromatic carbocycles. The molecule has 2 N–H and O–H groups in total. The molecule has 0 radical (unpaired) electrons. The van der Waals surface area contributed by atoms with E-state index in [0.29, 0.717) is 4.21 Å². The fourth-order valence-corrected chi connectivity index (χ4v) is 2.61. The molecule has 1 unspecified atom stereocenters. The minimum absolute atomic E-state index is 0.712. The van der Waals surface area contributed by atoms with Crippen LogP contribution in [0.15, 0.2) is 46.0 Å². The number of rotatable bonds is 2. The zero-order chi connectivity index (χ0) is 9.97. The van der Waals surface area contributed by atoms with Gasteiger partial charge in [-0.25, -0.2) is 0 Å². The van der Waals surface area contributed by atoms with Crippen LogP contribution in [0.1, 0.15) is 0 Å². The van der Waals surface area contributed by atoms with Crippen LogP contribution in [0.25, 0.3) is 11.1 Å². The maximum Gasteiger partial charge on any atom is 0.228 e. The van der Waals surface area contributed by atoms with Gasteiger partial charge in [-0.3, -0.25) is 0 Å². The van der Waals surface area contributed by atoms with Crippen molar-refractivity contribution in [1.29, 1.82) is 0 Å². The molecule has 72 valence electrons. The van der Waals surface area contributed by atoms with E-state index in [1.54, 1.807) is 0 Å². The topological polar surface area (TPSA) is 49.1 Å². The zero-order valence-corrected chi connectivity index (χ0v) is 8.98. The molecule has 0 aliphatic heterocycles. The Morgan fingerprint density at radius 1 is 1.14 bits per heavy atom. The van der Waals surface area contributed by atoms with Crippen molar-refractivity contribution >= 4 is 22.7 Å². The number of nitrogens with two attached hydrogens (primary N) is 1. The summed E-state index contributed by atoms with van der Waals surface area (Å²) in [6.45, 7) is 0. The highest BCUT2D eigenvalue weighted by molar-refractivity contribution is 7.91. The minimum Gasteiger partial charge on any atom is -0.592 e. The van der Waals surface area contributed by atoms with Crippen LogP contribution in [0.2, 0.25) is 0 Å². The van der Waals surface area contributed by atoms with E-state index in [-0.39, 0.29) is 0 Å². The third kappa shape index (κ3) is 1.99. The van der Waals surface area contributed by atoms with E-state index >= 15 is 0 Å². The minimum atomic E-state index is -1.36. The Labute approximate surface area is 89.7 Å². The fraction of sp³-hybridized carbons (Fsp3) is 0. The fourth-order valence-electron chi connectivity index (χ4n) is 1.20. The summed E-state index contributed by atoms with van der Waals surface area (Å²) in [6.07, 6.45) is 0. The van der Waals surface area contributed by atoms with Gasteiger partial charge in [0, 0.05) is 11.4 Å². The van der Waals surface area contributed by atoms with Crippen LogP contribution >= 0.6 is 11.3 Å². The lowest BCUT2D eigenvalue weighted by molar-refractivity contribution is 0.598. The third-order valence-corrected chi connectivity index (χ3v) is 3.90. The van der Waals surface area contributed by atoms with Gasteiger partial charge >= 0.3 is 0 Å². The molecule has 1 aromatic heterocycles. The van der Waals surface area contributed by atoms with Crippen LogP contribution in [-0.4, -0.2) is 4.55 Å². The Bertz CT molecular complexity index is 411. The first-order chi connectivity index (χ1) is 6.77. The normalized spacial score (nSPS) is 12.7. The van der Waals surface area contributed by atoms with Gasteiger partial charge in [-0.1, -0.05) is 41.7 Å². The molecule has 0 spiro atoms. The highest BCUT2D eigenvalue weighted by Crippen LogP contribution is 2.27. The summed E-state index contributed by atoms with van der Waals surface area (Å²) in [5, 5.41) is 7.26. The average Bonchev–Trinajstić information content (AvgIpc) is 2.68. The van der Waals surface area contributed by atoms with Gasteiger partial charge in [0.05, 0.1) is 11.4 Å². The van der Waals surface area contributed by atoms with E-state index in [1.807, 2.05) is 41.8 Å². The first-order valence-corrected chi connectivity index (χ1v) is 6.17. The molecule has 0 saturated heterocycles. The highest BCUT2D eigenvalue weighted by atomic mass is 32.2. The molecule has 2 aromatic rings. The number of hydrogen-bond acceptors (Lipinski definition) is 3. The largest absolute Gasteiger partial charge is 0.592 e. The summed E-state index contributed by atoms with van der Waals surface area (Å²) in [5.74, 6) is 0. The number of thiophene rings is 1. The summed E-state index contributed by atoms with van der Waals surface area (Å²) in [6, 6.07) is 11.8. The highest BCUT2D eigenvalue weighted by Gasteiger charge is 2.10. The summed E-state index contributed by atoms with van der Waals surface area (Å²) >= 11 is 0.0639. The summed E-state index contributed by atoms with van der Waals surface area (Å²) in [7, 11) is 0. The molecule has 0 aliphatic rings. The predicted molar refractivity (Wildman–Crippen MR) is 60.4 cm³/mol. The van der Waals surface area contributed by atoms with Crippen LogP contribution in [0.3, 0.4) is 0 Å². The Morgan fingerprint density at radius 2 is 1.86 bits per heavy atom. The molecule has 2 nitrogen and oxygen atoms in total. The monoisotopic (exact) mass is 223 g/mol. The average molecular weight is 223 g/mol. The van der Waals surface area contributed by atoms with Crippen molar-refractivity contribution in [2.45, 2.75) is 4.21 Å². The van der Waals surface area contributed by atoms with E-state index in [0.717, 1.165) is 11.1 Å². The van der Waals surface area contributed by atoms with Gasteiger partial charge in [0.1, 0.15) is 0 Å². The van der Waals surface area contributed by atoms with Crippen molar-refractivity contribution in [3.8, 4) is 11.1 Å². The Kier molecular flexibility index (Phi) is 2.88. The summed E-state index contributed by atoms with van der Waals surface area (Å²) in [5.41, 5.74) is 2.20. The lowest BCUT2D eigenvalue weighted by Crippen LogP contribution is -2.09. The van der Waals surface area contributed by atoms with E-state index in [2.05, 4.69) is 0 Å². The molecule has 0 amide bonds. The van der Waals surface area contributed by atoms with Gasteiger partial charge in [-0.15, -0.1) is 5.14 Å². The first kappa shape index (κ1) is 9.73. The summed E-state index contributed by atoms with van der Waals surface area (Å²) < 4.78 is 11.7. The maximum absolute atomic E-state index is 11.0. The number of hydrogen-bond donors (Lipinski definition) is 1. The first-order valence-electron chi connectivity index (χ1n) is 4.07. The third-order valence-electron chi connectivity index (χ3n) is 1.88. The van der Waals surface area contributed by atoms with Gasteiger partial charge in [-0.2, -0.15) is 0 Å². The molecule has 4 heteroatoms. The molecule has 1 atom stereocenters. The second kappa shape index (κ2) is 4.14. The molecular formula is C10H9NOS2. The lowest BCUT2D eigenvalue weighted by Gasteiger charge is -1.97. The molecule has 1 heterocycles. The standard InChI is InChI=1S/C10H9NOS2/c11-14(12)10-6-9(7-13-10)8-4-2-1-3-5-8/h1-7H,11H2. The molecule has 14 heavy (non-hydrogen) atoms. The lowest BCUT2D eigenvalue weighted by atomic mass is 10.1. The van der Waals surface area contributed by atoms with Crippen LogP contribution < -0.4 is 5.14 Å². The van der Waals surface area contributed by atoms with Gasteiger partial charge < -0.3 is 4.55 Å². The van der Waals surface area contributed by atoms with Crippen molar-refractivity contribution in [3.05, 3.63) is 41.8 Å². The molecule has 0 saturated carbocycles. The smallest absolute Gasteiger partial charge is 0.228 e. The van der Waals surface area contributed by atoms with Crippen molar-refractivity contribution < 1.29 is 4.55 Å². The van der Waals surface area contributed by atoms with E-state index in [1.165, 1.54) is 11.3 Å². The zero-order valence-electron chi connectivity index (χ0n) is 7.34. The van der Waals surface area contributed by atoms with E-state index < -0.39 is 11.4 Å². The van der Waals surface area contributed by atoms with Gasteiger partial charge in [0.15, 0.2) is 0 Å². The van der Waals surface area contributed by atoms with Gasteiger partial charge in [0.25, 0.3) is 0 Å². The number of benzene rings is 1. The van der Waals surface area contributed by atoms with Crippen molar-refractivity contribution in [2.24, 2.45) is 5.14 Å². The van der Waals surface area contributed by atoms with Crippen LogP contribution in [-0.2, 0) is 11.4 Å². The van der Waals surface area contributed by atoms with Crippen molar-refractivity contribution in [3.63, 3.8) is 0 Å². The van der Waals surface area contributed by atoms with Crippen LogP contribution in [0.5, 0.6) is 0 Å².